The molecule has 0 amide bonds. The van der Waals surface area contributed by atoms with Crippen LogP contribution in [0.2, 0.25) is 0 Å². The summed E-state index contributed by atoms with van der Waals surface area (Å²) in [6.07, 6.45) is 3.79. The van der Waals surface area contributed by atoms with Gasteiger partial charge in [-0.15, -0.1) is 0 Å². The van der Waals surface area contributed by atoms with Crippen molar-refractivity contribution in [3.05, 3.63) is 24.3 Å². The summed E-state index contributed by atoms with van der Waals surface area (Å²) in [5.74, 6) is 0. The topological polar surface area (TPSA) is 49.4 Å². The molecule has 0 radical (unpaired) electrons. The van der Waals surface area contributed by atoms with E-state index >= 15 is 0 Å². The Hall–Kier alpha value is -1.07. The maximum Gasteiger partial charge on any atom is 0.243 e. The number of hydrogen-bond donors (Lipinski definition) is 1. The van der Waals surface area contributed by atoms with Crippen LogP contribution in [0, 0.1) is 0 Å². The minimum atomic E-state index is -3.36. The zero-order valence-electron chi connectivity index (χ0n) is 12.7. The van der Waals surface area contributed by atoms with Gasteiger partial charge in [0.15, 0.2) is 0 Å². The van der Waals surface area contributed by atoms with Crippen LogP contribution in [-0.4, -0.2) is 32.9 Å². The molecule has 1 aromatic rings. The summed E-state index contributed by atoms with van der Waals surface area (Å²) in [5.41, 5.74) is 0.914. The van der Waals surface area contributed by atoms with Crippen molar-refractivity contribution in [2.75, 3.05) is 25.5 Å². The molecule has 0 aromatic heterocycles. The molecule has 4 nitrogen and oxygen atoms in total. The maximum atomic E-state index is 12.6. The van der Waals surface area contributed by atoms with Crippen LogP contribution >= 0.6 is 0 Å². The van der Waals surface area contributed by atoms with Crippen LogP contribution in [0.15, 0.2) is 29.2 Å². The lowest BCUT2D eigenvalue weighted by molar-refractivity contribution is 0.395. The third-order valence-corrected chi connectivity index (χ3v) is 5.22. The average molecular weight is 298 g/mol. The summed E-state index contributed by atoms with van der Waals surface area (Å²) in [5, 5.41) is 2.99. The second-order valence-corrected chi connectivity index (χ2v) is 6.82. The van der Waals surface area contributed by atoms with Gasteiger partial charge in [0.2, 0.25) is 10.0 Å². The van der Waals surface area contributed by atoms with E-state index in [1.165, 1.54) is 0 Å². The van der Waals surface area contributed by atoms with Gasteiger partial charge < -0.3 is 5.32 Å². The number of rotatable bonds is 9. The average Bonchev–Trinajstić information content (AvgIpc) is 2.47. The molecular weight excluding hydrogens is 272 g/mol. The number of anilines is 1. The van der Waals surface area contributed by atoms with Crippen LogP contribution < -0.4 is 5.32 Å². The third kappa shape index (κ3) is 4.49. The molecule has 0 aliphatic heterocycles. The smallest absolute Gasteiger partial charge is 0.243 e. The molecule has 114 valence electrons. The van der Waals surface area contributed by atoms with E-state index in [1.54, 1.807) is 28.6 Å². The van der Waals surface area contributed by atoms with Crippen LogP contribution in [0.25, 0.3) is 0 Å². The second-order valence-electron chi connectivity index (χ2n) is 4.89. The molecule has 1 rings (SSSR count). The van der Waals surface area contributed by atoms with Gasteiger partial charge in [-0.05, 0) is 37.1 Å². The summed E-state index contributed by atoms with van der Waals surface area (Å²) >= 11 is 0. The summed E-state index contributed by atoms with van der Waals surface area (Å²) in [6, 6.07) is 6.94. The highest BCUT2D eigenvalue weighted by Gasteiger charge is 2.23. The third-order valence-electron chi connectivity index (χ3n) is 3.30. The molecule has 5 heteroatoms. The van der Waals surface area contributed by atoms with Gasteiger partial charge in [-0.2, -0.15) is 4.31 Å². The van der Waals surface area contributed by atoms with E-state index < -0.39 is 10.0 Å². The summed E-state index contributed by atoms with van der Waals surface area (Å²) in [7, 11) is -1.55. The van der Waals surface area contributed by atoms with Crippen molar-refractivity contribution in [1.82, 2.24) is 4.31 Å². The first kappa shape index (κ1) is 17.0. The van der Waals surface area contributed by atoms with E-state index in [2.05, 4.69) is 19.2 Å². The van der Waals surface area contributed by atoms with E-state index in [0.29, 0.717) is 18.0 Å². The van der Waals surface area contributed by atoms with Gasteiger partial charge in [-0.25, -0.2) is 8.42 Å². The van der Waals surface area contributed by atoms with Crippen molar-refractivity contribution in [1.29, 1.82) is 0 Å². The summed E-state index contributed by atoms with van der Waals surface area (Å²) in [6.45, 7) is 5.36. The van der Waals surface area contributed by atoms with Crippen LogP contribution in [-0.2, 0) is 10.0 Å². The lowest BCUT2D eigenvalue weighted by Crippen LogP contribution is -2.33. The van der Waals surface area contributed by atoms with E-state index in [-0.39, 0.29) is 0 Å². The largest absolute Gasteiger partial charge is 0.388 e. The molecule has 1 N–H and O–H groups in total. The van der Waals surface area contributed by atoms with Crippen molar-refractivity contribution in [3.8, 4) is 0 Å². The SMILES string of the molecule is CCCCN(CCCC)S(=O)(=O)c1ccc(NC)cc1. The fraction of sp³-hybridized carbons (Fsp3) is 0.600. The van der Waals surface area contributed by atoms with Crippen molar-refractivity contribution < 1.29 is 8.42 Å². The van der Waals surface area contributed by atoms with Crippen molar-refractivity contribution in [3.63, 3.8) is 0 Å². The standard InChI is InChI=1S/C15H26N2O2S/c1-4-6-12-17(13-7-5-2)20(18,19)15-10-8-14(16-3)9-11-15/h8-11,16H,4-7,12-13H2,1-3H3. The van der Waals surface area contributed by atoms with Crippen molar-refractivity contribution >= 4 is 15.7 Å². The fourth-order valence-corrected chi connectivity index (χ4v) is 3.48. The Morgan fingerprint density at radius 2 is 1.50 bits per heavy atom. The lowest BCUT2D eigenvalue weighted by atomic mass is 10.3. The normalized spacial score (nSPS) is 11.8. The van der Waals surface area contributed by atoms with Gasteiger partial charge in [0.1, 0.15) is 0 Å². The molecule has 20 heavy (non-hydrogen) atoms. The van der Waals surface area contributed by atoms with E-state index in [9.17, 15) is 8.42 Å². The molecule has 0 bridgehead atoms. The Kier molecular flexibility index (Phi) is 7.02. The molecule has 0 spiro atoms. The first-order valence-corrected chi connectivity index (χ1v) is 8.78. The Bertz CT molecular complexity index is 475. The highest BCUT2D eigenvalue weighted by atomic mass is 32.2. The number of unbranched alkanes of at least 4 members (excludes halogenated alkanes) is 2. The molecule has 0 saturated heterocycles. The van der Waals surface area contributed by atoms with Gasteiger partial charge in [-0.1, -0.05) is 26.7 Å². The quantitative estimate of drug-likeness (QED) is 0.761. The number of benzene rings is 1. The van der Waals surface area contributed by atoms with Crippen molar-refractivity contribution in [2.45, 2.75) is 44.4 Å². The van der Waals surface area contributed by atoms with E-state index in [1.807, 2.05) is 7.05 Å². The monoisotopic (exact) mass is 298 g/mol. The predicted molar refractivity (Wildman–Crippen MR) is 84.6 cm³/mol. The molecule has 0 saturated carbocycles. The number of sulfonamides is 1. The first-order chi connectivity index (χ1) is 9.56. The Labute approximate surface area is 123 Å². The summed E-state index contributed by atoms with van der Waals surface area (Å²) in [4.78, 5) is 0.378. The zero-order valence-corrected chi connectivity index (χ0v) is 13.5. The van der Waals surface area contributed by atoms with Gasteiger partial charge in [-0.3, -0.25) is 0 Å². The molecule has 0 unspecified atom stereocenters. The van der Waals surface area contributed by atoms with Crippen LogP contribution in [0.1, 0.15) is 39.5 Å². The fourth-order valence-electron chi connectivity index (χ4n) is 1.96. The molecule has 0 aliphatic carbocycles. The second kappa shape index (κ2) is 8.27. The Morgan fingerprint density at radius 3 is 1.90 bits per heavy atom. The lowest BCUT2D eigenvalue weighted by Gasteiger charge is -2.22. The summed E-state index contributed by atoms with van der Waals surface area (Å²) < 4.78 is 26.9. The highest BCUT2D eigenvalue weighted by Crippen LogP contribution is 2.19. The Balaban J connectivity index is 2.94. The molecule has 0 heterocycles. The highest BCUT2D eigenvalue weighted by molar-refractivity contribution is 7.89. The van der Waals surface area contributed by atoms with Crippen molar-refractivity contribution in [2.24, 2.45) is 0 Å². The minimum Gasteiger partial charge on any atom is -0.388 e. The molecular formula is C15H26N2O2S. The molecule has 0 aliphatic rings. The predicted octanol–water partition coefficient (Wildman–Crippen LogP) is 3.32. The number of nitrogens with zero attached hydrogens (tertiary/aromatic N) is 1. The van der Waals surface area contributed by atoms with Crippen LogP contribution in [0.3, 0.4) is 0 Å². The Morgan fingerprint density at radius 1 is 1.00 bits per heavy atom. The van der Waals surface area contributed by atoms with Crippen LogP contribution in [0.4, 0.5) is 5.69 Å². The maximum absolute atomic E-state index is 12.6. The van der Waals surface area contributed by atoms with Gasteiger partial charge in [0, 0.05) is 25.8 Å². The van der Waals surface area contributed by atoms with Crippen LogP contribution in [0.5, 0.6) is 0 Å². The molecule has 0 fully saturated rings. The van der Waals surface area contributed by atoms with Gasteiger partial charge in [0.05, 0.1) is 4.90 Å². The molecule has 1 aromatic carbocycles. The van der Waals surface area contributed by atoms with E-state index in [0.717, 1.165) is 31.4 Å². The van der Waals surface area contributed by atoms with E-state index in [4.69, 9.17) is 0 Å². The minimum absolute atomic E-state index is 0.378. The molecule has 0 atom stereocenters. The van der Waals surface area contributed by atoms with Gasteiger partial charge in [0.25, 0.3) is 0 Å². The zero-order chi connectivity index (χ0) is 15.0. The van der Waals surface area contributed by atoms with Gasteiger partial charge >= 0.3 is 0 Å². The first-order valence-electron chi connectivity index (χ1n) is 7.34. The number of nitrogens with one attached hydrogen (secondary N) is 1. The number of hydrogen-bond acceptors (Lipinski definition) is 3.